The van der Waals surface area contributed by atoms with Crippen molar-refractivity contribution in [3.8, 4) is 11.5 Å². The number of rotatable bonds is 9. The quantitative estimate of drug-likeness (QED) is 0.134. The van der Waals surface area contributed by atoms with Gasteiger partial charge in [-0.05, 0) is 85.8 Å². The van der Waals surface area contributed by atoms with Crippen molar-refractivity contribution in [2.45, 2.75) is 46.6 Å². The molecule has 0 aliphatic carbocycles. The van der Waals surface area contributed by atoms with E-state index in [1.165, 1.54) is 16.2 Å². The zero-order valence-electron chi connectivity index (χ0n) is 23.1. The molecule has 1 amide bonds. The van der Waals surface area contributed by atoms with Crippen LogP contribution in [0.25, 0.3) is 16.0 Å². The van der Waals surface area contributed by atoms with Crippen molar-refractivity contribution >= 4 is 44.1 Å². The van der Waals surface area contributed by atoms with Gasteiger partial charge >= 0.3 is 5.91 Å². The molecule has 8 heteroatoms. The normalized spacial score (nSPS) is 16.6. The Labute approximate surface area is 237 Å². The number of nitrogens with zero attached hydrogens (tertiary/aromatic N) is 2. The summed E-state index contributed by atoms with van der Waals surface area (Å²) in [5, 5.41) is 11.9. The minimum absolute atomic E-state index is 0.00651. The van der Waals surface area contributed by atoms with Crippen LogP contribution in [0.15, 0.2) is 66.2 Å². The summed E-state index contributed by atoms with van der Waals surface area (Å²) in [5.41, 5.74) is 3.93. The van der Waals surface area contributed by atoms with Gasteiger partial charge in [0.2, 0.25) is 0 Å². The number of aliphatic hydroxyl groups excluding tert-OH is 1. The summed E-state index contributed by atoms with van der Waals surface area (Å²) in [6, 6.07) is 17.4. The maximum Gasteiger partial charge on any atom is 0.301 e. The van der Waals surface area contributed by atoms with Gasteiger partial charge in [-0.3, -0.25) is 14.5 Å². The molecule has 1 N–H and O–H groups in total. The number of hydrogen-bond donors (Lipinski definition) is 1. The molecule has 1 aliphatic rings. The number of anilines is 1. The molecule has 1 aliphatic heterocycles. The molecule has 7 nitrogen and oxygen atoms in total. The minimum atomic E-state index is -0.886. The number of carbonyl (C=O) groups excluding carboxylic acids is 2. The van der Waals surface area contributed by atoms with E-state index < -0.39 is 17.7 Å². The highest BCUT2D eigenvalue weighted by molar-refractivity contribution is 7.22. The lowest BCUT2D eigenvalue weighted by Gasteiger charge is -2.23. The van der Waals surface area contributed by atoms with Gasteiger partial charge in [0.25, 0.3) is 5.78 Å². The van der Waals surface area contributed by atoms with Gasteiger partial charge in [-0.25, -0.2) is 4.98 Å². The Bertz CT molecular complexity index is 1610. The van der Waals surface area contributed by atoms with E-state index in [0.717, 1.165) is 34.2 Å². The first kappa shape index (κ1) is 27.4. The van der Waals surface area contributed by atoms with Crippen molar-refractivity contribution in [3.63, 3.8) is 0 Å². The summed E-state index contributed by atoms with van der Waals surface area (Å²) in [6.45, 7) is 9.15. The average Bonchev–Trinajstić information content (AvgIpc) is 3.49. The number of fused-ring (bicyclic) bond motifs is 1. The summed E-state index contributed by atoms with van der Waals surface area (Å²) >= 11 is 1.35. The van der Waals surface area contributed by atoms with Crippen molar-refractivity contribution < 1.29 is 24.2 Å². The monoisotopic (exact) mass is 556 g/mol. The summed E-state index contributed by atoms with van der Waals surface area (Å²) in [5.74, 6) is -0.459. The van der Waals surface area contributed by atoms with Gasteiger partial charge < -0.3 is 14.6 Å². The fraction of sp³-hybridized carbons (Fsp3) is 0.281. The number of thiazole rings is 1. The number of benzene rings is 3. The van der Waals surface area contributed by atoms with Crippen molar-refractivity contribution in [1.29, 1.82) is 0 Å². The molecular weight excluding hydrogens is 524 g/mol. The van der Waals surface area contributed by atoms with Crippen LogP contribution in [-0.4, -0.2) is 35.0 Å². The van der Waals surface area contributed by atoms with Crippen molar-refractivity contribution in [3.05, 3.63) is 88.5 Å². The number of amides is 1. The first-order chi connectivity index (χ1) is 19.3. The molecule has 1 unspecified atom stereocenters. The minimum Gasteiger partial charge on any atom is -0.507 e. The maximum atomic E-state index is 13.6. The number of hydrogen-bond acceptors (Lipinski definition) is 7. The van der Waals surface area contributed by atoms with Crippen LogP contribution in [0.4, 0.5) is 5.13 Å². The number of aryl methyl sites for hydroxylation is 2. The van der Waals surface area contributed by atoms with E-state index in [-0.39, 0.29) is 11.3 Å². The molecule has 1 aromatic heterocycles. The lowest BCUT2D eigenvalue weighted by molar-refractivity contribution is -0.132. The Balaban J connectivity index is 1.66. The highest BCUT2D eigenvalue weighted by atomic mass is 32.1. The van der Waals surface area contributed by atoms with E-state index in [2.05, 4.69) is 0 Å². The fourth-order valence-corrected chi connectivity index (χ4v) is 6.05. The number of ketones is 1. The Kier molecular flexibility index (Phi) is 7.89. The Morgan fingerprint density at radius 1 is 0.950 bits per heavy atom. The molecule has 2 heterocycles. The number of aromatic nitrogens is 1. The second-order valence-corrected chi connectivity index (χ2v) is 10.9. The van der Waals surface area contributed by atoms with Gasteiger partial charge in [0, 0.05) is 5.56 Å². The van der Waals surface area contributed by atoms with Gasteiger partial charge in [0.15, 0.2) is 5.13 Å². The molecule has 1 atom stereocenters. The molecule has 1 fully saturated rings. The highest BCUT2D eigenvalue weighted by Crippen LogP contribution is 2.45. The fourth-order valence-electron chi connectivity index (χ4n) is 4.89. The van der Waals surface area contributed by atoms with E-state index >= 15 is 0 Å². The number of Topliss-reactive ketones (excluding diaryl/α,β-unsaturated/α-hetero) is 1. The lowest BCUT2D eigenvalue weighted by atomic mass is 9.95. The third-order valence-electron chi connectivity index (χ3n) is 6.72. The molecule has 0 spiro atoms. The molecule has 40 heavy (non-hydrogen) atoms. The number of carbonyl (C=O) groups is 2. The van der Waals surface area contributed by atoms with E-state index in [9.17, 15) is 14.7 Å². The molecule has 0 bridgehead atoms. The molecule has 0 radical (unpaired) electrons. The van der Waals surface area contributed by atoms with E-state index in [4.69, 9.17) is 14.5 Å². The van der Waals surface area contributed by atoms with Gasteiger partial charge in [-0.1, -0.05) is 43.4 Å². The Hall–Kier alpha value is -4.17. The van der Waals surface area contributed by atoms with Crippen LogP contribution in [0.3, 0.4) is 0 Å². The molecule has 3 aromatic carbocycles. The zero-order valence-corrected chi connectivity index (χ0v) is 23.9. The van der Waals surface area contributed by atoms with Crippen LogP contribution < -0.4 is 14.4 Å². The van der Waals surface area contributed by atoms with Crippen molar-refractivity contribution in [1.82, 2.24) is 4.98 Å². The molecule has 0 saturated carbocycles. The van der Waals surface area contributed by atoms with Crippen LogP contribution in [-0.2, 0) is 9.59 Å². The molecule has 4 aromatic rings. The van der Waals surface area contributed by atoms with Gasteiger partial charge in [-0.2, -0.15) is 0 Å². The highest BCUT2D eigenvalue weighted by Gasteiger charge is 2.48. The predicted octanol–water partition coefficient (Wildman–Crippen LogP) is 7.12. The topological polar surface area (TPSA) is 89.0 Å². The first-order valence-corrected chi connectivity index (χ1v) is 14.3. The SMILES string of the molecule is CCCOc1ccc(C(O)=C2C(=O)C(=O)N(c3nc4c(C)cc(C)cc4s3)C2c2cccc(OCCC)c2)cc1. The van der Waals surface area contributed by atoms with Gasteiger partial charge in [0.1, 0.15) is 17.3 Å². The van der Waals surface area contributed by atoms with Gasteiger partial charge in [-0.15, -0.1) is 0 Å². The maximum absolute atomic E-state index is 13.6. The van der Waals surface area contributed by atoms with E-state index in [1.807, 2.05) is 64.1 Å². The van der Waals surface area contributed by atoms with Crippen LogP contribution >= 0.6 is 11.3 Å². The van der Waals surface area contributed by atoms with Crippen LogP contribution in [0.2, 0.25) is 0 Å². The summed E-state index contributed by atoms with van der Waals surface area (Å²) in [7, 11) is 0. The standard InChI is InChI=1S/C32H32N2O5S/c1-5-14-38-23-12-10-21(11-13-23)29(35)26-28(22-8-7-9-24(18-22)39-15-6-2)34(31(37)30(26)36)32-33-27-20(4)16-19(3)17-25(27)40-32/h7-13,16-18,28,35H,5-6,14-15H2,1-4H3. The second-order valence-electron chi connectivity index (χ2n) is 9.89. The van der Waals surface area contributed by atoms with E-state index in [0.29, 0.717) is 41.0 Å². The van der Waals surface area contributed by atoms with Crippen molar-refractivity contribution in [2.75, 3.05) is 18.1 Å². The molecule has 5 rings (SSSR count). The number of aliphatic hydroxyl groups is 1. The molecule has 206 valence electrons. The van der Waals surface area contributed by atoms with Gasteiger partial charge in [0.05, 0.1) is 35.0 Å². The van der Waals surface area contributed by atoms with Crippen LogP contribution in [0, 0.1) is 13.8 Å². The van der Waals surface area contributed by atoms with Crippen LogP contribution in [0.5, 0.6) is 11.5 Å². The third-order valence-corrected chi connectivity index (χ3v) is 7.72. The van der Waals surface area contributed by atoms with Crippen molar-refractivity contribution in [2.24, 2.45) is 0 Å². The summed E-state index contributed by atoms with van der Waals surface area (Å²) in [6.07, 6.45) is 1.71. The second kappa shape index (κ2) is 11.5. The predicted molar refractivity (Wildman–Crippen MR) is 158 cm³/mol. The first-order valence-electron chi connectivity index (χ1n) is 13.5. The van der Waals surface area contributed by atoms with E-state index in [1.54, 1.807) is 24.3 Å². The molecular formula is C32H32N2O5S. The smallest absolute Gasteiger partial charge is 0.301 e. The van der Waals surface area contributed by atoms with Crippen LogP contribution in [0.1, 0.15) is 55.0 Å². The summed E-state index contributed by atoms with van der Waals surface area (Å²) < 4.78 is 12.4. The largest absolute Gasteiger partial charge is 0.507 e. The Morgan fingerprint density at radius 3 is 2.35 bits per heavy atom. The summed E-state index contributed by atoms with van der Waals surface area (Å²) in [4.78, 5) is 33.4. The third kappa shape index (κ3) is 5.19. The Morgan fingerprint density at radius 2 is 1.65 bits per heavy atom. The average molecular weight is 557 g/mol. The zero-order chi connectivity index (χ0) is 28.4. The molecule has 1 saturated heterocycles. The lowest BCUT2D eigenvalue weighted by Crippen LogP contribution is -2.29. The number of ether oxygens (including phenoxy) is 2.